The van der Waals surface area contributed by atoms with E-state index in [1.807, 2.05) is 18.4 Å². The number of esters is 1. The number of hydrogen-bond acceptors (Lipinski definition) is 6. The average molecular weight is 285 g/mol. The largest absolute Gasteiger partial charge is 0.462 e. The molecule has 0 atom stereocenters. The fourth-order valence-electron chi connectivity index (χ4n) is 1.39. The molecule has 6 nitrogen and oxygen atoms in total. The zero-order chi connectivity index (χ0) is 14.3. The van der Waals surface area contributed by atoms with E-state index in [-0.39, 0.29) is 17.8 Å². The van der Waals surface area contributed by atoms with Crippen LogP contribution in [-0.2, 0) is 27.4 Å². The Hall–Kier alpha value is -1.34. The number of carbonyl (C=O) groups excluding carboxylic acids is 1. The maximum atomic E-state index is 11.5. The van der Waals surface area contributed by atoms with Crippen molar-refractivity contribution in [2.75, 3.05) is 12.9 Å². The molecule has 0 spiro atoms. The van der Waals surface area contributed by atoms with Crippen LogP contribution in [0.3, 0.4) is 0 Å². The Bertz CT molecular complexity index is 432. The van der Waals surface area contributed by atoms with E-state index in [0.29, 0.717) is 24.1 Å². The van der Waals surface area contributed by atoms with Crippen LogP contribution in [0.4, 0.5) is 0 Å². The Labute approximate surface area is 117 Å². The lowest BCUT2D eigenvalue weighted by Crippen LogP contribution is -2.14. The molecule has 0 aromatic carbocycles. The lowest BCUT2D eigenvalue weighted by molar-refractivity contribution is -0.144. The molecule has 1 heterocycles. The summed E-state index contributed by atoms with van der Waals surface area (Å²) in [6.07, 6.45) is 1.64. The molecule has 0 N–H and O–H groups in total. The molecule has 0 aliphatic heterocycles. The molecule has 0 amide bonds. The molecule has 0 unspecified atom stereocenters. The monoisotopic (exact) mass is 285 g/mol. The summed E-state index contributed by atoms with van der Waals surface area (Å²) in [6, 6.07) is 0. The number of thioether (sulfide) groups is 1. The van der Waals surface area contributed by atoms with Crippen LogP contribution in [0.15, 0.2) is 17.8 Å². The van der Waals surface area contributed by atoms with Crippen LogP contribution in [0.1, 0.15) is 19.7 Å². The van der Waals surface area contributed by atoms with Gasteiger partial charge in [0.15, 0.2) is 11.0 Å². The maximum absolute atomic E-state index is 11.5. The predicted octanol–water partition coefficient (Wildman–Crippen LogP) is 1.65. The van der Waals surface area contributed by atoms with Gasteiger partial charge < -0.3 is 14.0 Å². The number of allylic oxidation sites excluding steroid dienone is 1. The minimum absolute atomic E-state index is 0.108. The molecule has 0 saturated carbocycles. The second-order valence-corrected chi connectivity index (χ2v) is 5.00. The number of hydrogen-bond donors (Lipinski definition) is 0. The van der Waals surface area contributed by atoms with E-state index in [1.165, 1.54) is 11.8 Å². The van der Waals surface area contributed by atoms with Gasteiger partial charge in [0.1, 0.15) is 6.61 Å². The first kappa shape index (κ1) is 15.7. The molecular weight excluding hydrogens is 266 g/mol. The third-order valence-electron chi connectivity index (χ3n) is 2.06. The fourth-order valence-corrected chi connectivity index (χ4v) is 2.14. The number of aromatic nitrogens is 3. The summed E-state index contributed by atoms with van der Waals surface area (Å²) in [7, 11) is 1.60. The first-order chi connectivity index (χ1) is 9.08. The SMILES string of the molecule is C=CCn1c(COC)nnc1SCC(=O)OC(C)C. The molecule has 0 radical (unpaired) electrons. The highest BCUT2D eigenvalue weighted by Gasteiger charge is 2.14. The Kier molecular flexibility index (Phi) is 6.58. The van der Waals surface area contributed by atoms with E-state index < -0.39 is 0 Å². The van der Waals surface area contributed by atoms with Gasteiger partial charge in [-0.25, -0.2) is 0 Å². The molecular formula is C12H19N3O3S. The van der Waals surface area contributed by atoms with Gasteiger partial charge in [0.25, 0.3) is 0 Å². The lowest BCUT2D eigenvalue weighted by atomic mass is 10.5. The standard InChI is InChI=1S/C12H19N3O3S/c1-5-6-15-10(7-17-4)13-14-12(15)19-8-11(16)18-9(2)3/h5,9H,1,6-8H2,2-4H3. The number of rotatable bonds is 8. The molecule has 7 heteroatoms. The van der Waals surface area contributed by atoms with Crippen LogP contribution in [0.5, 0.6) is 0 Å². The van der Waals surface area contributed by atoms with Crippen molar-refractivity contribution in [3.8, 4) is 0 Å². The average Bonchev–Trinajstić information content (AvgIpc) is 2.70. The van der Waals surface area contributed by atoms with Crippen LogP contribution in [0.2, 0.25) is 0 Å². The van der Waals surface area contributed by atoms with E-state index in [9.17, 15) is 4.79 Å². The summed E-state index contributed by atoms with van der Waals surface area (Å²) in [5, 5.41) is 8.74. The summed E-state index contributed by atoms with van der Waals surface area (Å²) in [4.78, 5) is 11.5. The Balaban J connectivity index is 2.66. The van der Waals surface area contributed by atoms with Crippen LogP contribution >= 0.6 is 11.8 Å². The molecule has 19 heavy (non-hydrogen) atoms. The van der Waals surface area contributed by atoms with Crippen molar-refractivity contribution in [2.45, 2.75) is 38.3 Å². The van der Waals surface area contributed by atoms with Crippen LogP contribution in [-0.4, -0.2) is 39.7 Å². The summed E-state index contributed by atoms with van der Waals surface area (Å²) < 4.78 is 12.0. The Morgan fingerprint density at radius 3 is 2.84 bits per heavy atom. The van der Waals surface area contributed by atoms with Crippen LogP contribution in [0, 0.1) is 0 Å². The van der Waals surface area contributed by atoms with Crippen molar-refractivity contribution in [2.24, 2.45) is 0 Å². The number of carbonyl (C=O) groups is 1. The summed E-state index contributed by atoms with van der Waals surface area (Å²) in [6.45, 7) is 8.28. The first-order valence-corrected chi connectivity index (χ1v) is 6.91. The summed E-state index contributed by atoms with van der Waals surface area (Å²) >= 11 is 1.30. The van der Waals surface area contributed by atoms with Crippen molar-refractivity contribution in [1.82, 2.24) is 14.8 Å². The predicted molar refractivity (Wildman–Crippen MR) is 72.9 cm³/mol. The summed E-state index contributed by atoms with van der Waals surface area (Å²) in [5.41, 5.74) is 0. The van der Waals surface area contributed by atoms with Crippen LogP contribution in [0.25, 0.3) is 0 Å². The highest BCUT2D eigenvalue weighted by Crippen LogP contribution is 2.18. The van der Waals surface area contributed by atoms with Crippen molar-refractivity contribution < 1.29 is 14.3 Å². The molecule has 0 aliphatic rings. The Morgan fingerprint density at radius 2 is 2.26 bits per heavy atom. The van der Waals surface area contributed by atoms with Gasteiger partial charge in [-0.05, 0) is 13.8 Å². The van der Waals surface area contributed by atoms with Crippen LogP contribution < -0.4 is 0 Å². The van der Waals surface area contributed by atoms with Gasteiger partial charge in [0, 0.05) is 13.7 Å². The first-order valence-electron chi connectivity index (χ1n) is 5.92. The topological polar surface area (TPSA) is 66.2 Å². The normalized spacial score (nSPS) is 10.7. The van der Waals surface area contributed by atoms with E-state index >= 15 is 0 Å². The molecule has 1 aromatic heterocycles. The third-order valence-corrected chi connectivity index (χ3v) is 3.01. The second kappa shape index (κ2) is 7.96. The van der Waals surface area contributed by atoms with Crippen molar-refractivity contribution >= 4 is 17.7 Å². The molecule has 0 saturated heterocycles. The maximum Gasteiger partial charge on any atom is 0.316 e. The number of methoxy groups -OCH3 is 1. The van der Waals surface area contributed by atoms with E-state index in [4.69, 9.17) is 9.47 Å². The molecule has 0 aliphatic carbocycles. The number of ether oxygens (including phenoxy) is 2. The van der Waals surface area contributed by atoms with Crippen molar-refractivity contribution in [1.29, 1.82) is 0 Å². The quantitative estimate of drug-likeness (QED) is 0.411. The Morgan fingerprint density at radius 1 is 1.53 bits per heavy atom. The van der Waals surface area contributed by atoms with Gasteiger partial charge in [-0.3, -0.25) is 4.79 Å². The van der Waals surface area contributed by atoms with Gasteiger partial charge in [-0.2, -0.15) is 0 Å². The van der Waals surface area contributed by atoms with E-state index in [2.05, 4.69) is 16.8 Å². The minimum Gasteiger partial charge on any atom is -0.462 e. The lowest BCUT2D eigenvalue weighted by Gasteiger charge is -2.08. The number of nitrogens with zero attached hydrogens (tertiary/aromatic N) is 3. The summed E-state index contributed by atoms with van der Waals surface area (Å²) in [5.74, 6) is 0.657. The minimum atomic E-state index is -0.263. The second-order valence-electron chi connectivity index (χ2n) is 4.06. The molecule has 106 valence electrons. The highest BCUT2D eigenvalue weighted by atomic mass is 32.2. The van der Waals surface area contributed by atoms with Gasteiger partial charge in [0.05, 0.1) is 11.9 Å². The van der Waals surface area contributed by atoms with Crippen molar-refractivity contribution in [3.05, 3.63) is 18.5 Å². The molecule has 1 rings (SSSR count). The third kappa shape index (κ3) is 5.04. The highest BCUT2D eigenvalue weighted by molar-refractivity contribution is 7.99. The van der Waals surface area contributed by atoms with Gasteiger partial charge in [0.2, 0.25) is 0 Å². The van der Waals surface area contributed by atoms with Gasteiger partial charge >= 0.3 is 5.97 Å². The van der Waals surface area contributed by atoms with Gasteiger partial charge in [-0.1, -0.05) is 17.8 Å². The smallest absolute Gasteiger partial charge is 0.316 e. The molecule has 1 aromatic rings. The fraction of sp³-hybridized carbons (Fsp3) is 0.583. The zero-order valence-corrected chi connectivity index (χ0v) is 12.3. The van der Waals surface area contributed by atoms with Crippen molar-refractivity contribution in [3.63, 3.8) is 0 Å². The van der Waals surface area contributed by atoms with E-state index in [1.54, 1.807) is 13.2 Å². The zero-order valence-electron chi connectivity index (χ0n) is 11.5. The van der Waals surface area contributed by atoms with E-state index in [0.717, 1.165) is 0 Å². The molecule has 0 fully saturated rings. The molecule has 0 bridgehead atoms. The van der Waals surface area contributed by atoms with Gasteiger partial charge in [-0.15, -0.1) is 16.8 Å².